The molecule has 1 aromatic carbocycles. The van der Waals surface area contributed by atoms with E-state index in [-0.39, 0.29) is 12.5 Å². The van der Waals surface area contributed by atoms with Crippen molar-refractivity contribution in [3.8, 4) is 5.75 Å². The molecule has 2 saturated carbocycles. The molecule has 1 aromatic rings. The minimum Gasteiger partial charge on any atom is -0.484 e. The highest BCUT2D eigenvalue weighted by Gasteiger charge is 2.40. The van der Waals surface area contributed by atoms with Crippen LogP contribution in [0.1, 0.15) is 25.7 Å². The highest BCUT2D eigenvalue weighted by molar-refractivity contribution is 6.30. The number of hydrogen-bond donors (Lipinski definition) is 1. The van der Waals surface area contributed by atoms with Crippen molar-refractivity contribution in [2.24, 2.45) is 11.8 Å². The number of rotatable bonds is 4. The van der Waals surface area contributed by atoms with Crippen LogP contribution in [0.4, 0.5) is 0 Å². The van der Waals surface area contributed by atoms with Crippen LogP contribution in [0.5, 0.6) is 5.75 Å². The Balaban J connectivity index is 1.47. The first-order valence-electron chi connectivity index (χ1n) is 6.88. The largest absolute Gasteiger partial charge is 0.484 e. The summed E-state index contributed by atoms with van der Waals surface area (Å²) in [4.78, 5) is 11.9. The van der Waals surface area contributed by atoms with E-state index in [0.717, 1.165) is 12.3 Å². The number of hydrogen-bond acceptors (Lipinski definition) is 2. The number of nitrogens with one attached hydrogen (secondary N) is 1. The number of halogens is 1. The number of amides is 1. The normalized spacial score (nSPS) is 28.4. The third-order valence-corrected chi connectivity index (χ3v) is 4.49. The highest BCUT2D eigenvalue weighted by Crippen LogP contribution is 2.44. The number of fused-ring (bicyclic) bond motifs is 2. The first kappa shape index (κ1) is 12.8. The molecule has 1 amide bonds. The maximum Gasteiger partial charge on any atom is 0.258 e. The average molecular weight is 280 g/mol. The molecule has 3 nitrogen and oxygen atoms in total. The smallest absolute Gasteiger partial charge is 0.258 e. The van der Waals surface area contributed by atoms with Crippen LogP contribution in [0.2, 0.25) is 5.02 Å². The second-order valence-corrected chi connectivity index (χ2v) is 6.03. The van der Waals surface area contributed by atoms with Gasteiger partial charge in [-0.2, -0.15) is 0 Å². The van der Waals surface area contributed by atoms with E-state index in [1.807, 2.05) is 6.07 Å². The van der Waals surface area contributed by atoms with Crippen LogP contribution in [-0.4, -0.2) is 18.6 Å². The van der Waals surface area contributed by atoms with Gasteiger partial charge in [-0.1, -0.05) is 24.1 Å². The molecule has 19 heavy (non-hydrogen) atoms. The van der Waals surface area contributed by atoms with Crippen molar-refractivity contribution in [1.82, 2.24) is 5.32 Å². The third-order valence-electron chi connectivity index (χ3n) is 4.25. The van der Waals surface area contributed by atoms with Crippen molar-refractivity contribution < 1.29 is 9.53 Å². The molecule has 3 atom stereocenters. The Morgan fingerprint density at radius 1 is 1.37 bits per heavy atom. The van der Waals surface area contributed by atoms with Crippen molar-refractivity contribution in [3.05, 3.63) is 29.3 Å². The summed E-state index contributed by atoms with van der Waals surface area (Å²) in [5, 5.41) is 3.71. The van der Waals surface area contributed by atoms with Gasteiger partial charge in [0.1, 0.15) is 5.75 Å². The van der Waals surface area contributed by atoms with Gasteiger partial charge in [-0.15, -0.1) is 0 Å². The molecule has 0 unspecified atom stereocenters. The maximum absolute atomic E-state index is 11.9. The minimum absolute atomic E-state index is 0.0301. The first-order chi connectivity index (χ1) is 9.20. The Morgan fingerprint density at radius 3 is 2.95 bits per heavy atom. The molecule has 2 aliphatic rings. The zero-order chi connectivity index (χ0) is 13.2. The van der Waals surface area contributed by atoms with Crippen molar-refractivity contribution in [2.45, 2.75) is 31.7 Å². The molecule has 2 aliphatic carbocycles. The van der Waals surface area contributed by atoms with E-state index in [2.05, 4.69) is 5.32 Å². The number of carbonyl (C=O) groups excluding carboxylic acids is 1. The Bertz CT molecular complexity index is 477. The van der Waals surface area contributed by atoms with Gasteiger partial charge in [-0.25, -0.2) is 0 Å². The van der Waals surface area contributed by atoms with Crippen LogP contribution in [0.3, 0.4) is 0 Å². The van der Waals surface area contributed by atoms with E-state index in [1.165, 1.54) is 19.3 Å². The van der Waals surface area contributed by atoms with E-state index in [9.17, 15) is 4.79 Å². The van der Waals surface area contributed by atoms with Gasteiger partial charge in [0.15, 0.2) is 6.61 Å². The van der Waals surface area contributed by atoms with Gasteiger partial charge in [0.25, 0.3) is 5.91 Å². The predicted octanol–water partition coefficient (Wildman–Crippen LogP) is 3.02. The number of ether oxygens (including phenoxy) is 1. The molecule has 3 rings (SSSR count). The molecule has 0 aromatic heterocycles. The SMILES string of the molecule is O=C(COc1cccc(Cl)c1)N[C@@H]1C[C@H]2CC[C@H]1C2. The first-order valence-corrected chi connectivity index (χ1v) is 7.26. The van der Waals surface area contributed by atoms with Gasteiger partial charge in [-0.3, -0.25) is 4.79 Å². The molecule has 0 saturated heterocycles. The molecular weight excluding hydrogens is 262 g/mol. The topological polar surface area (TPSA) is 38.3 Å². The van der Waals surface area contributed by atoms with Gasteiger partial charge in [0.05, 0.1) is 0 Å². The fourth-order valence-electron chi connectivity index (χ4n) is 3.38. The Kier molecular flexibility index (Phi) is 3.65. The predicted molar refractivity (Wildman–Crippen MR) is 74.3 cm³/mol. The van der Waals surface area contributed by atoms with Gasteiger partial charge >= 0.3 is 0 Å². The lowest BCUT2D eigenvalue weighted by atomic mass is 9.95. The lowest BCUT2D eigenvalue weighted by molar-refractivity contribution is -0.124. The molecule has 0 heterocycles. The average Bonchev–Trinajstić information content (AvgIpc) is 2.99. The van der Waals surface area contributed by atoms with Gasteiger partial charge in [0, 0.05) is 11.1 Å². The summed E-state index contributed by atoms with van der Waals surface area (Å²) in [6.07, 6.45) is 5.05. The number of benzene rings is 1. The zero-order valence-electron chi connectivity index (χ0n) is 10.8. The molecular formula is C15H18ClNO2. The Morgan fingerprint density at radius 2 is 2.26 bits per heavy atom. The van der Waals surface area contributed by atoms with Crippen LogP contribution in [0.25, 0.3) is 0 Å². The summed E-state index contributed by atoms with van der Waals surface area (Å²) in [7, 11) is 0. The summed E-state index contributed by atoms with van der Waals surface area (Å²) in [6, 6.07) is 7.48. The van der Waals surface area contributed by atoms with Crippen molar-refractivity contribution >= 4 is 17.5 Å². The van der Waals surface area contributed by atoms with E-state index >= 15 is 0 Å². The molecule has 2 fully saturated rings. The minimum atomic E-state index is -0.0301. The van der Waals surface area contributed by atoms with Crippen molar-refractivity contribution in [1.29, 1.82) is 0 Å². The van der Waals surface area contributed by atoms with Gasteiger partial charge in [0.2, 0.25) is 0 Å². The van der Waals surface area contributed by atoms with Crippen LogP contribution in [0, 0.1) is 11.8 Å². The van der Waals surface area contributed by atoms with Crippen molar-refractivity contribution in [2.75, 3.05) is 6.61 Å². The van der Waals surface area contributed by atoms with Crippen molar-refractivity contribution in [3.63, 3.8) is 0 Å². The highest BCUT2D eigenvalue weighted by atomic mass is 35.5. The van der Waals surface area contributed by atoms with E-state index in [0.29, 0.717) is 22.7 Å². The summed E-state index contributed by atoms with van der Waals surface area (Å²) in [6.45, 7) is 0.0637. The number of carbonyl (C=O) groups is 1. The lowest BCUT2D eigenvalue weighted by Crippen LogP contribution is -2.40. The third kappa shape index (κ3) is 3.03. The lowest BCUT2D eigenvalue weighted by Gasteiger charge is -2.22. The van der Waals surface area contributed by atoms with E-state index < -0.39 is 0 Å². The molecule has 4 heteroatoms. The Labute approximate surface area is 118 Å². The molecule has 1 N–H and O–H groups in total. The summed E-state index contributed by atoms with van der Waals surface area (Å²) < 4.78 is 5.44. The summed E-state index contributed by atoms with van der Waals surface area (Å²) in [5.74, 6) is 2.14. The van der Waals surface area contributed by atoms with E-state index in [4.69, 9.17) is 16.3 Å². The molecule has 2 bridgehead atoms. The van der Waals surface area contributed by atoms with Crippen LogP contribution in [-0.2, 0) is 4.79 Å². The van der Waals surface area contributed by atoms with E-state index in [1.54, 1.807) is 18.2 Å². The van der Waals surface area contributed by atoms with Gasteiger partial charge < -0.3 is 10.1 Å². The quantitative estimate of drug-likeness (QED) is 0.920. The van der Waals surface area contributed by atoms with Crippen LogP contribution >= 0.6 is 11.6 Å². The second kappa shape index (κ2) is 5.41. The standard InChI is InChI=1S/C15H18ClNO2/c16-12-2-1-3-13(8-12)19-9-15(18)17-14-7-10-4-5-11(14)6-10/h1-3,8,10-11,14H,4-7,9H2,(H,17,18)/t10-,11-,14+/m0/s1. The monoisotopic (exact) mass is 279 g/mol. The van der Waals surface area contributed by atoms with Crippen LogP contribution in [0.15, 0.2) is 24.3 Å². The zero-order valence-corrected chi connectivity index (χ0v) is 11.5. The Hall–Kier alpha value is -1.22. The molecule has 102 valence electrons. The fraction of sp³-hybridized carbons (Fsp3) is 0.533. The fourth-order valence-corrected chi connectivity index (χ4v) is 3.56. The summed E-state index contributed by atoms with van der Waals surface area (Å²) in [5.41, 5.74) is 0. The van der Waals surface area contributed by atoms with Gasteiger partial charge in [-0.05, 0) is 49.3 Å². The molecule has 0 spiro atoms. The molecule has 0 aliphatic heterocycles. The molecule has 0 radical (unpaired) electrons. The second-order valence-electron chi connectivity index (χ2n) is 5.59. The van der Waals surface area contributed by atoms with Crippen LogP contribution < -0.4 is 10.1 Å². The summed E-state index contributed by atoms with van der Waals surface area (Å²) >= 11 is 5.86. The maximum atomic E-state index is 11.9.